The largest absolute Gasteiger partial charge is 0.482 e. The Labute approximate surface area is 124 Å². The fourth-order valence-electron chi connectivity index (χ4n) is 1.62. The summed E-state index contributed by atoms with van der Waals surface area (Å²) in [7, 11) is 0. The van der Waals surface area contributed by atoms with Gasteiger partial charge in [0, 0.05) is 11.6 Å². The first kappa shape index (κ1) is 14.7. The molecule has 0 saturated carbocycles. The SMILES string of the molecule is C1=NCCO1.[c]1ccccc1.c1ccc2ncccc2c1. The fraction of sp³-hybridized carbons (Fsp3) is 0.111. The molecule has 1 aromatic heterocycles. The third kappa shape index (κ3) is 5.87. The van der Waals surface area contributed by atoms with Gasteiger partial charge in [0.2, 0.25) is 0 Å². The van der Waals surface area contributed by atoms with Gasteiger partial charge in [-0.25, -0.2) is 0 Å². The smallest absolute Gasteiger partial charge is 0.169 e. The quantitative estimate of drug-likeness (QED) is 0.627. The Kier molecular flexibility index (Phi) is 6.49. The van der Waals surface area contributed by atoms with Crippen LogP contribution in [0.5, 0.6) is 0 Å². The zero-order chi connectivity index (χ0) is 14.6. The van der Waals surface area contributed by atoms with E-state index < -0.39 is 0 Å². The van der Waals surface area contributed by atoms with Gasteiger partial charge < -0.3 is 4.74 Å². The number of ether oxygens (including phenoxy) is 1. The van der Waals surface area contributed by atoms with Crippen LogP contribution < -0.4 is 0 Å². The van der Waals surface area contributed by atoms with Gasteiger partial charge in [0.15, 0.2) is 6.40 Å². The van der Waals surface area contributed by atoms with Crippen LogP contribution in [0.15, 0.2) is 77.9 Å². The number of aliphatic imine (C=N–C) groups is 1. The van der Waals surface area contributed by atoms with Crippen molar-refractivity contribution in [3.8, 4) is 0 Å². The second kappa shape index (κ2) is 9.26. The summed E-state index contributed by atoms with van der Waals surface area (Å²) in [6, 6.07) is 24.6. The lowest BCUT2D eigenvalue weighted by Gasteiger charge is -1.91. The van der Waals surface area contributed by atoms with E-state index in [1.54, 1.807) is 0 Å². The first-order chi connectivity index (χ1) is 10.5. The number of fused-ring (bicyclic) bond motifs is 1. The molecule has 3 heteroatoms. The van der Waals surface area contributed by atoms with Crippen LogP contribution >= 0.6 is 0 Å². The van der Waals surface area contributed by atoms with E-state index in [2.05, 4.69) is 32.9 Å². The number of benzene rings is 2. The molecule has 0 unspecified atom stereocenters. The molecule has 1 aliphatic heterocycles. The summed E-state index contributed by atoms with van der Waals surface area (Å²) in [6.45, 7) is 1.62. The van der Waals surface area contributed by atoms with E-state index in [4.69, 9.17) is 0 Å². The Bertz CT molecular complexity index is 555. The molecule has 2 aromatic carbocycles. The second-order valence-electron chi connectivity index (χ2n) is 4.16. The van der Waals surface area contributed by atoms with Gasteiger partial charge in [-0.1, -0.05) is 54.6 Å². The van der Waals surface area contributed by atoms with Crippen molar-refractivity contribution in [2.24, 2.45) is 4.99 Å². The Morgan fingerprint density at radius 3 is 2.24 bits per heavy atom. The van der Waals surface area contributed by atoms with Crippen LogP contribution in [0, 0.1) is 6.07 Å². The van der Waals surface area contributed by atoms with E-state index in [0.717, 1.165) is 18.7 Å². The third-order valence-electron chi connectivity index (χ3n) is 2.61. The van der Waals surface area contributed by atoms with Crippen molar-refractivity contribution in [3.05, 3.63) is 79.0 Å². The van der Waals surface area contributed by atoms with Crippen molar-refractivity contribution in [1.29, 1.82) is 0 Å². The van der Waals surface area contributed by atoms with Gasteiger partial charge in [-0.2, -0.15) is 0 Å². The highest BCUT2D eigenvalue weighted by Crippen LogP contribution is 2.07. The van der Waals surface area contributed by atoms with Gasteiger partial charge in [-0.15, -0.1) is 0 Å². The molecule has 0 N–H and O–H groups in total. The van der Waals surface area contributed by atoms with Gasteiger partial charge in [-0.3, -0.25) is 9.98 Å². The van der Waals surface area contributed by atoms with Crippen molar-refractivity contribution in [3.63, 3.8) is 0 Å². The van der Waals surface area contributed by atoms with E-state index in [1.165, 1.54) is 11.8 Å². The summed E-state index contributed by atoms with van der Waals surface area (Å²) in [5.41, 5.74) is 1.06. The lowest BCUT2D eigenvalue weighted by Crippen LogP contribution is -1.80. The summed E-state index contributed by atoms with van der Waals surface area (Å²) in [5, 5.41) is 1.20. The van der Waals surface area contributed by atoms with Gasteiger partial charge in [0.25, 0.3) is 0 Å². The number of hydrogen-bond donors (Lipinski definition) is 0. The van der Waals surface area contributed by atoms with Gasteiger partial charge in [0.05, 0.1) is 12.1 Å². The lowest BCUT2D eigenvalue weighted by molar-refractivity contribution is 0.361. The van der Waals surface area contributed by atoms with Crippen molar-refractivity contribution in [2.75, 3.05) is 13.2 Å². The molecule has 0 spiro atoms. The highest BCUT2D eigenvalue weighted by molar-refractivity contribution is 5.77. The second-order valence-corrected chi connectivity index (χ2v) is 4.16. The highest BCUT2D eigenvalue weighted by atomic mass is 16.5. The minimum atomic E-state index is 0.778. The van der Waals surface area contributed by atoms with Crippen LogP contribution in [0.2, 0.25) is 0 Å². The van der Waals surface area contributed by atoms with Crippen LogP contribution in [0.3, 0.4) is 0 Å². The topological polar surface area (TPSA) is 34.5 Å². The van der Waals surface area contributed by atoms with E-state index in [9.17, 15) is 0 Å². The number of rotatable bonds is 0. The number of pyridine rings is 1. The Morgan fingerprint density at radius 2 is 1.71 bits per heavy atom. The molecule has 3 aromatic rings. The normalized spacial score (nSPS) is 11.6. The van der Waals surface area contributed by atoms with Crippen molar-refractivity contribution in [2.45, 2.75) is 0 Å². The number of para-hydroxylation sites is 1. The zero-order valence-corrected chi connectivity index (χ0v) is 11.7. The fourth-order valence-corrected chi connectivity index (χ4v) is 1.62. The van der Waals surface area contributed by atoms with E-state index >= 15 is 0 Å². The molecular formula is C18H17N2O. The third-order valence-corrected chi connectivity index (χ3v) is 2.61. The van der Waals surface area contributed by atoms with Gasteiger partial charge in [-0.05, 0) is 18.2 Å². The number of aromatic nitrogens is 1. The monoisotopic (exact) mass is 277 g/mol. The standard InChI is InChI=1S/C9H7N.C6H5.C3H5NO/c1-2-6-9-8(4-1)5-3-7-10-9;1-2-4-6-5-3-1;1-2-5-3-4-1/h1-7H;1-5H;3H,1-2H2. The van der Waals surface area contributed by atoms with Crippen LogP contribution in [0.1, 0.15) is 0 Å². The molecule has 2 heterocycles. The summed E-state index contributed by atoms with van der Waals surface area (Å²) in [5.74, 6) is 0. The predicted octanol–water partition coefficient (Wildman–Crippen LogP) is 3.77. The first-order valence-corrected chi connectivity index (χ1v) is 6.77. The Balaban J connectivity index is 0.000000126. The van der Waals surface area contributed by atoms with Crippen LogP contribution in [-0.4, -0.2) is 24.5 Å². The Hall–Kier alpha value is -2.68. The maximum atomic E-state index is 4.65. The molecule has 1 aliphatic rings. The molecule has 1 radical (unpaired) electrons. The van der Waals surface area contributed by atoms with Crippen molar-refractivity contribution in [1.82, 2.24) is 4.98 Å². The number of nitrogens with zero attached hydrogens (tertiary/aromatic N) is 2. The maximum absolute atomic E-state index is 4.65. The molecule has 3 nitrogen and oxygen atoms in total. The lowest BCUT2D eigenvalue weighted by atomic mass is 10.2. The van der Waals surface area contributed by atoms with Gasteiger partial charge in [0.1, 0.15) is 6.61 Å². The molecule has 0 aliphatic carbocycles. The van der Waals surface area contributed by atoms with Crippen LogP contribution in [0.4, 0.5) is 0 Å². The molecule has 0 fully saturated rings. The highest BCUT2D eigenvalue weighted by Gasteiger charge is 1.86. The van der Waals surface area contributed by atoms with Crippen molar-refractivity contribution < 1.29 is 4.74 Å². The van der Waals surface area contributed by atoms with Crippen LogP contribution in [-0.2, 0) is 4.74 Å². The molecule has 105 valence electrons. The molecule has 0 bridgehead atoms. The predicted molar refractivity (Wildman–Crippen MR) is 86.3 cm³/mol. The average Bonchev–Trinajstić information content (AvgIpc) is 3.17. The number of hydrogen-bond acceptors (Lipinski definition) is 3. The maximum Gasteiger partial charge on any atom is 0.169 e. The molecule has 0 saturated heterocycles. The molecular weight excluding hydrogens is 260 g/mol. The van der Waals surface area contributed by atoms with Crippen molar-refractivity contribution >= 4 is 17.3 Å². The summed E-state index contributed by atoms with van der Waals surface area (Å²) >= 11 is 0. The first-order valence-electron chi connectivity index (χ1n) is 6.77. The molecule has 0 amide bonds. The molecule has 21 heavy (non-hydrogen) atoms. The minimum absolute atomic E-state index is 0.778. The Morgan fingerprint density at radius 1 is 0.905 bits per heavy atom. The summed E-state index contributed by atoms with van der Waals surface area (Å²) < 4.78 is 4.65. The average molecular weight is 277 g/mol. The van der Waals surface area contributed by atoms with E-state index in [1.807, 2.05) is 60.8 Å². The minimum Gasteiger partial charge on any atom is -0.482 e. The van der Waals surface area contributed by atoms with E-state index in [0.29, 0.717) is 0 Å². The summed E-state index contributed by atoms with van der Waals surface area (Å²) in [6.07, 6.45) is 3.29. The molecule has 0 atom stereocenters. The van der Waals surface area contributed by atoms with E-state index in [-0.39, 0.29) is 0 Å². The molecule has 4 rings (SSSR count). The van der Waals surface area contributed by atoms with Crippen LogP contribution in [0.25, 0.3) is 10.9 Å². The summed E-state index contributed by atoms with van der Waals surface area (Å²) in [4.78, 5) is 7.92. The zero-order valence-electron chi connectivity index (χ0n) is 11.7. The van der Waals surface area contributed by atoms with Gasteiger partial charge >= 0.3 is 0 Å².